The average molecular weight is 417 g/mol. The van der Waals surface area contributed by atoms with Crippen LogP contribution in [0, 0.1) is 6.92 Å². The minimum absolute atomic E-state index is 0.514. The van der Waals surface area contributed by atoms with E-state index < -0.39 is 0 Å². The molecule has 0 aliphatic heterocycles. The van der Waals surface area contributed by atoms with Gasteiger partial charge in [0.2, 0.25) is 5.69 Å². The summed E-state index contributed by atoms with van der Waals surface area (Å²) in [6, 6.07) is 26.4. The predicted octanol–water partition coefficient (Wildman–Crippen LogP) is 7.82. The van der Waals surface area contributed by atoms with Gasteiger partial charge in [-0.1, -0.05) is 56.3 Å². The maximum absolute atomic E-state index is 6.55. The lowest BCUT2D eigenvalue weighted by Crippen LogP contribution is -2.30. The molecule has 0 atom stereocenters. The van der Waals surface area contributed by atoms with Crippen molar-refractivity contribution in [1.29, 1.82) is 0 Å². The van der Waals surface area contributed by atoms with Crippen LogP contribution in [0.3, 0.4) is 0 Å². The van der Waals surface area contributed by atoms with Gasteiger partial charge < -0.3 is 4.42 Å². The number of benzene rings is 4. The molecule has 0 fully saturated rings. The largest absolute Gasteiger partial charge is 0.455 e. The third-order valence-corrected chi connectivity index (χ3v) is 6.86. The predicted molar refractivity (Wildman–Crippen MR) is 134 cm³/mol. The summed E-state index contributed by atoms with van der Waals surface area (Å²) in [6.07, 6.45) is 2.16. The van der Waals surface area contributed by atoms with Gasteiger partial charge in [-0.3, -0.25) is 0 Å². The van der Waals surface area contributed by atoms with Crippen LogP contribution in [-0.4, -0.2) is 0 Å². The Bertz CT molecular complexity index is 1670. The van der Waals surface area contributed by atoms with Gasteiger partial charge in [0.05, 0.1) is 10.9 Å². The Balaban J connectivity index is 1.66. The molecule has 2 heterocycles. The van der Waals surface area contributed by atoms with Crippen molar-refractivity contribution >= 4 is 43.5 Å². The number of fused-ring (bicyclic) bond motifs is 6. The molecule has 32 heavy (non-hydrogen) atoms. The van der Waals surface area contributed by atoms with E-state index in [0.717, 1.165) is 11.2 Å². The van der Waals surface area contributed by atoms with Crippen LogP contribution in [0.5, 0.6) is 0 Å². The number of hydrogen-bond acceptors (Lipinski definition) is 1. The molecule has 2 aromatic heterocycles. The molecular weight excluding hydrogens is 390 g/mol. The Labute approximate surface area is 187 Å². The Morgan fingerprint density at radius 2 is 1.47 bits per heavy atom. The highest BCUT2D eigenvalue weighted by Crippen LogP contribution is 2.39. The summed E-state index contributed by atoms with van der Waals surface area (Å²) in [4.78, 5) is 0. The molecule has 0 unspecified atom stereocenters. The van der Waals surface area contributed by atoms with E-state index >= 15 is 0 Å². The molecule has 156 valence electrons. The van der Waals surface area contributed by atoms with Crippen molar-refractivity contribution in [3.63, 3.8) is 0 Å². The highest BCUT2D eigenvalue weighted by atomic mass is 16.3. The van der Waals surface area contributed by atoms with Crippen LogP contribution < -0.4 is 4.57 Å². The number of nitrogens with zero attached hydrogens (tertiary/aromatic N) is 1. The number of rotatable bonds is 2. The van der Waals surface area contributed by atoms with Crippen LogP contribution in [-0.2, 0) is 7.05 Å². The van der Waals surface area contributed by atoms with Gasteiger partial charge >= 0.3 is 0 Å². The highest BCUT2D eigenvalue weighted by Gasteiger charge is 2.21. The van der Waals surface area contributed by atoms with Crippen LogP contribution in [0.1, 0.15) is 30.9 Å². The molecule has 2 heteroatoms. The van der Waals surface area contributed by atoms with Gasteiger partial charge in [-0.05, 0) is 53.4 Å². The molecule has 4 aromatic carbocycles. The molecule has 0 saturated heterocycles. The van der Waals surface area contributed by atoms with E-state index in [1.54, 1.807) is 0 Å². The highest BCUT2D eigenvalue weighted by molar-refractivity contribution is 6.16. The maximum atomic E-state index is 6.55. The smallest absolute Gasteiger partial charge is 0.220 e. The van der Waals surface area contributed by atoms with Gasteiger partial charge in [-0.15, -0.1) is 0 Å². The first-order chi connectivity index (χ1) is 15.5. The van der Waals surface area contributed by atoms with E-state index in [-0.39, 0.29) is 0 Å². The number of aryl methyl sites for hydroxylation is 2. The average Bonchev–Trinajstić information content (AvgIpc) is 3.20. The summed E-state index contributed by atoms with van der Waals surface area (Å²) >= 11 is 0. The summed E-state index contributed by atoms with van der Waals surface area (Å²) in [5, 5.41) is 7.27. The molecule has 0 aliphatic rings. The fourth-order valence-corrected chi connectivity index (χ4v) is 5.04. The second-order valence-corrected chi connectivity index (χ2v) is 9.16. The monoisotopic (exact) mass is 416 g/mol. The summed E-state index contributed by atoms with van der Waals surface area (Å²) in [6.45, 7) is 6.67. The number of pyridine rings is 1. The van der Waals surface area contributed by atoms with Gasteiger partial charge in [0.1, 0.15) is 18.2 Å². The van der Waals surface area contributed by atoms with Crippen LogP contribution >= 0.6 is 0 Å². The maximum Gasteiger partial charge on any atom is 0.220 e. The molecule has 0 N–H and O–H groups in total. The third kappa shape index (κ3) is 2.69. The third-order valence-electron chi connectivity index (χ3n) is 6.86. The minimum Gasteiger partial charge on any atom is -0.455 e. The zero-order valence-corrected chi connectivity index (χ0v) is 18.9. The van der Waals surface area contributed by atoms with Gasteiger partial charge in [0.25, 0.3) is 0 Å². The molecule has 0 spiro atoms. The lowest BCUT2D eigenvalue weighted by atomic mass is 9.94. The Hall–Kier alpha value is -3.65. The Kier molecular flexibility index (Phi) is 4.13. The molecule has 0 saturated carbocycles. The second kappa shape index (κ2) is 6.93. The van der Waals surface area contributed by atoms with Crippen LogP contribution in [0.4, 0.5) is 0 Å². The fourth-order valence-electron chi connectivity index (χ4n) is 5.04. The standard InChI is InChI=1S/C30H26NO/c1-18(2)21-10-11-24-22(17-21)15-16-31(4)28(24)23-13-14-26-27-12-9-20-7-5-6-8-25(20)30(27)32-29(26)19(23)3/h5-18H,1-4H3/q+1. The lowest BCUT2D eigenvalue weighted by molar-refractivity contribution is -0.659. The molecular formula is C30H26NO+. The van der Waals surface area contributed by atoms with Crippen LogP contribution in [0.15, 0.2) is 83.4 Å². The summed E-state index contributed by atoms with van der Waals surface area (Å²) < 4.78 is 8.78. The summed E-state index contributed by atoms with van der Waals surface area (Å²) in [7, 11) is 2.13. The molecule has 0 amide bonds. The van der Waals surface area contributed by atoms with Crippen molar-refractivity contribution in [2.24, 2.45) is 7.05 Å². The van der Waals surface area contributed by atoms with Gasteiger partial charge in [-0.25, -0.2) is 4.57 Å². The van der Waals surface area contributed by atoms with E-state index in [4.69, 9.17) is 4.42 Å². The molecule has 0 aliphatic carbocycles. The summed E-state index contributed by atoms with van der Waals surface area (Å²) in [5.74, 6) is 0.514. The molecule has 6 rings (SSSR count). The van der Waals surface area contributed by atoms with E-state index in [1.165, 1.54) is 54.7 Å². The van der Waals surface area contributed by atoms with E-state index in [2.05, 4.69) is 111 Å². The Morgan fingerprint density at radius 3 is 2.31 bits per heavy atom. The zero-order valence-electron chi connectivity index (χ0n) is 18.9. The number of hydrogen-bond donors (Lipinski definition) is 0. The number of furan rings is 1. The van der Waals surface area contributed by atoms with Crippen molar-refractivity contribution in [2.45, 2.75) is 26.7 Å². The number of aromatic nitrogens is 1. The van der Waals surface area contributed by atoms with Crippen molar-refractivity contribution < 1.29 is 8.98 Å². The van der Waals surface area contributed by atoms with Crippen LogP contribution in [0.25, 0.3) is 54.7 Å². The lowest BCUT2D eigenvalue weighted by Gasteiger charge is -2.11. The van der Waals surface area contributed by atoms with E-state index in [0.29, 0.717) is 5.92 Å². The first-order valence-corrected chi connectivity index (χ1v) is 11.3. The van der Waals surface area contributed by atoms with Gasteiger partial charge in [0, 0.05) is 27.8 Å². The SMILES string of the molecule is Cc1c(-c2c3ccc(C(C)C)cc3cc[n+]2C)ccc2c1oc1c3ccccc3ccc21. The topological polar surface area (TPSA) is 17.0 Å². The van der Waals surface area contributed by atoms with E-state index in [9.17, 15) is 0 Å². The molecule has 0 radical (unpaired) electrons. The minimum atomic E-state index is 0.514. The molecule has 0 bridgehead atoms. The van der Waals surface area contributed by atoms with Crippen LogP contribution in [0.2, 0.25) is 0 Å². The van der Waals surface area contributed by atoms with Crippen molar-refractivity contribution in [3.05, 3.63) is 90.1 Å². The molecule has 2 nitrogen and oxygen atoms in total. The quantitative estimate of drug-likeness (QED) is 0.263. The first kappa shape index (κ1) is 19.1. The van der Waals surface area contributed by atoms with E-state index in [1.807, 2.05) is 0 Å². The van der Waals surface area contributed by atoms with Gasteiger partial charge in [-0.2, -0.15) is 0 Å². The second-order valence-electron chi connectivity index (χ2n) is 9.16. The van der Waals surface area contributed by atoms with Crippen molar-refractivity contribution in [1.82, 2.24) is 0 Å². The zero-order chi connectivity index (χ0) is 22.0. The Morgan fingerprint density at radius 1 is 0.719 bits per heavy atom. The normalized spacial score (nSPS) is 12.0. The fraction of sp³-hybridized carbons (Fsp3) is 0.167. The van der Waals surface area contributed by atoms with Crippen molar-refractivity contribution in [2.75, 3.05) is 0 Å². The molecule has 6 aromatic rings. The van der Waals surface area contributed by atoms with Gasteiger partial charge in [0.15, 0.2) is 6.20 Å². The summed E-state index contributed by atoms with van der Waals surface area (Å²) in [5.41, 5.74) is 6.94. The first-order valence-electron chi connectivity index (χ1n) is 11.3. The van der Waals surface area contributed by atoms with Crippen molar-refractivity contribution in [3.8, 4) is 11.3 Å².